The zero-order valence-electron chi connectivity index (χ0n) is 30.8. The molecule has 2 spiro atoms. The highest BCUT2D eigenvalue weighted by atomic mass is 19.4. The third-order valence-electron chi connectivity index (χ3n) is 14.9. The molecule has 18 atom stereocenters. The Kier molecular flexibility index (Phi) is 8.43. The van der Waals surface area contributed by atoms with E-state index in [1.165, 1.54) is 13.8 Å². The molecule has 11 fully saturated rings. The Morgan fingerprint density at radius 1 is 0.528 bits per heavy atom. The zero-order valence-corrected chi connectivity index (χ0v) is 30.8. The summed E-state index contributed by atoms with van der Waals surface area (Å²) >= 11 is 0. The van der Waals surface area contributed by atoms with Crippen LogP contribution in [0.4, 0.5) is 26.3 Å². The second-order valence-corrected chi connectivity index (χ2v) is 17.8. The Balaban J connectivity index is 0.934. The molecule has 11 rings (SSSR count). The normalized spacial score (nSPS) is 57.3. The predicted molar refractivity (Wildman–Crippen MR) is 164 cm³/mol. The minimum absolute atomic E-state index is 0.134. The van der Waals surface area contributed by atoms with Crippen molar-refractivity contribution < 1.29 is 79.1 Å². The first kappa shape index (κ1) is 37.7. The third-order valence-corrected chi connectivity index (χ3v) is 14.9. The summed E-state index contributed by atoms with van der Waals surface area (Å²) < 4.78 is 133. The Hall–Kier alpha value is -0.860. The van der Waals surface area contributed by atoms with Crippen LogP contribution in [-0.4, -0.2) is 84.7 Å². The number of halogens is 6. The summed E-state index contributed by atoms with van der Waals surface area (Å²) in [5.74, 6) is -12.8. The van der Waals surface area contributed by atoms with E-state index in [4.69, 9.17) is 52.7 Å². The molecule has 53 heavy (non-hydrogen) atoms. The van der Waals surface area contributed by atoms with E-state index in [0.717, 1.165) is 0 Å². The van der Waals surface area contributed by atoms with Crippen molar-refractivity contribution in [3.63, 3.8) is 0 Å². The van der Waals surface area contributed by atoms with Crippen molar-refractivity contribution in [2.75, 3.05) is 13.2 Å². The van der Waals surface area contributed by atoms with Gasteiger partial charge in [0.25, 0.3) is 11.6 Å². The van der Waals surface area contributed by atoms with E-state index >= 15 is 26.3 Å². The first-order valence-electron chi connectivity index (χ1n) is 19.3. The van der Waals surface area contributed by atoms with Gasteiger partial charge in [0.1, 0.15) is 12.2 Å². The number of hydrogen-bond acceptors (Lipinski definition) is 11. The molecule has 9 saturated heterocycles. The molecule has 2 saturated carbocycles. The fourth-order valence-electron chi connectivity index (χ4n) is 11.9. The van der Waals surface area contributed by atoms with Crippen molar-refractivity contribution in [1.82, 2.24) is 0 Å². The highest BCUT2D eigenvalue weighted by Crippen LogP contribution is 2.66. The fourth-order valence-corrected chi connectivity index (χ4v) is 11.9. The van der Waals surface area contributed by atoms with Crippen LogP contribution in [0.1, 0.15) is 92.9 Å². The number of ether oxygens (including phenoxy) is 7. The first-order chi connectivity index (χ1) is 24.7. The topological polar surface area (TPSA) is 105 Å². The van der Waals surface area contributed by atoms with Crippen molar-refractivity contribution in [2.45, 2.75) is 164 Å². The van der Waals surface area contributed by atoms with E-state index in [0.29, 0.717) is 51.4 Å². The van der Waals surface area contributed by atoms with E-state index in [1.807, 2.05) is 0 Å². The van der Waals surface area contributed by atoms with E-state index in [-0.39, 0.29) is 23.7 Å². The lowest BCUT2D eigenvalue weighted by Gasteiger charge is -2.63. The molecule has 4 bridgehead atoms. The monoisotopic (exact) mass is 772 g/mol. The summed E-state index contributed by atoms with van der Waals surface area (Å²) in [6.45, 7) is 8.97. The van der Waals surface area contributed by atoms with Gasteiger partial charge in [0.15, 0.2) is 23.8 Å². The van der Waals surface area contributed by atoms with Gasteiger partial charge < -0.3 is 33.2 Å². The maximum Gasteiger partial charge on any atom is 0.443 e. The average molecular weight is 773 g/mol. The van der Waals surface area contributed by atoms with Crippen LogP contribution in [0.3, 0.4) is 0 Å². The van der Waals surface area contributed by atoms with Crippen LogP contribution in [0, 0.1) is 47.3 Å². The number of rotatable bonds is 6. The van der Waals surface area contributed by atoms with Gasteiger partial charge in [-0.05, 0) is 76.0 Å². The third kappa shape index (κ3) is 5.13. The van der Waals surface area contributed by atoms with Crippen molar-refractivity contribution in [2.24, 2.45) is 47.3 Å². The lowest BCUT2D eigenvalue weighted by Crippen LogP contribution is -2.76. The Morgan fingerprint density at radius 3 is 1.30 bits per heavy atom. The van der Waals surface area contributed by atoms with Gasteiger partial charge in [-0.15, -0.1) is 0 Å². The van der Waals surface area contributed by atoms with Crippen LogP contribution < -0.4 is 0 Å². The fraction of sp³-hybridized carbons (Fsp3) is 1.00. The molecule has 0 aromatic heterocycles. The molecule has 11 nitrogen and oxygen atoms in total. The Labute approximate surface area is 304 Å². The standard InChI is InChI=1S/C36H50F6O11/c1-17-7-9-23-19(3)33(35(37,38)39,48-27-31(23)21(17)11-13-29(5,46-27)50-52-31)43-15-25-26(45-25)16-44-34(36(40,41)42)20(4)24-10-8-18(2)22-12-14-30(6)47-28(49-34)32(22,24)53-51-30/h17-28H,7-16H2,1-6H3/t17-,18-,19-,20-,21+,22+,23+,24+,25?,26?,27+,28+,29-,30+,31-,32-,33-,34-/m1/s1. The van der Waals surface area contributed by atoms with Crippen LogP contribution in [0.15, 0.2) is 0 Å². The molecule has 2 unspecified atom stereocenters. The van der Waals surface area contributed by atoms with Gasteiger partial charge in [-0.1, -0.05) is 27.7 Å². The van der Waals surface area contributed by atoms with Crippen molar-refractivity contribution in [3.05, 3.63) is 0 Å². The van der Waals surface area contributed by atoms with E-state index < -0.39 is 108 Å². The van der Waals surface area contributed by atoms with Crippen LogP contribution in [0.25, 0.3) is 0 Å². The van der Waals surface area contributed by atoms with Crippen LogP contribution in [0.2, 0.25) is 0 Å². The summed E-state index contributed by atoms with van der Waals surface area (Å²) in [5, 5.41) is 0. The molecule has 11 aliphatic rings. The lowest BCUT2D eigenvalue weighted by atomic mass is 9.57. The maximum absolute atomic E-state index is 15.3. The van der Waals surface area contributed by atoms with Gasteiger partial charge in [0, 0.05) is 36.5 Å². The smallest absolute Gasteiger partial charge is 0.365 e. The molecule has 0 aromatic rings. The van der Waals surface area contributed by atoms with Crippen LogP contribution in [0.5, 0.6) is 0 Å². The molecule has 0 aromatic carbocycles. The Morgan fingerprint density at radius 2 is 0.925 bits per heavy atom. The number of epoxide rings is 1. The summed E-state index contributed by atoms with van der Waals surface area (Å²) in [7, 11) is 0. The molecule has 17 heteroatoms. The van der Waals surface area contributed by atoms with Gasteiger partial charge in [0.2, 0.25) is 11.6 Å². The molecule has 9 heterocycles. The van der Waals surface area contributed by atoms with Gasteiger partial charge in [0.05, 0.1) is 13.2 Å². The van der Waals surface area contributed by atoms with Gasteiger partial charge in [-0.2, -0.15) is 26.3 Å². The largest absolute Gasteiger partial charge is 0.443 e. The number of alkyl halides is 6. The summed E-state index contributed by atoms with van der Waals surface area (Å²) in [6.07, 6.45) is -10.6. The van der Waals surface area contributed by atoms with Crippen molar-refractivity contribution in [1.29, 1.82) is 0 Å². The minimum Gasteiger partial charge on any atom is -0.365 e. The second-order valence-electron chi connectivity index (χ2n) is 17.8. The van der Waals surface area contributed by atoms with Gasteiger partial charge >= 0.3 is 12.4 Å². The number of fused-ring (bicyclic) bond motifs is 4. The highest BCUT2D eigenvalue weighted by molar-refractivity contribution is 5.14. The number of hydrogen-bond donors (Lipinski definition) is 0. The summed E-state index contributed by atoms with van der Waals surface area (Å²) in [5.41, 5.74) is -2.52. The second kappa shape index (κ2) is 11.9. The molecule has 9 aliphatic heterocycles. The SMILES string of the molecule is C[C@@H]1CC[C@H]2[C@@H](C)[C@](OCC3OC3CO[C@@]3(C(F)(F)F)O[C@@H]4O[C@]5(C)CC[C@H]6[C@H](C)CC[C@@H]([C@H]3C)[C@@]46OO5)(C(F)(F)F)O[C@@H]3O[C@@]4(C)CC[C@@H]1[C@]32OO4. The lowest BCUT2D eigenvalue weighted by molar-refractivity contribution is -0.599. The summed E-state index contributed by atoms with van der Waals surface area (Å²) in [4.78, 5) is 23.5. The molecule has 0 amide bonds. The molecule has 0 N–H and O–H groups in total. The quantitative estimate of drug-likeness (QED) is 0.157. The molecule has 2 aliphatic carbocycles. The van der Waals surface area contributed by atoms with E-state index in [1.54, 1.807) is 13.8 Å². The minimum atomic E-state index is -5.01. The van der Waals surface area contributed by atoms with Gasteiger partial charge in [-0.3, -0.25) is 0 Å². The first-order valence-corrected chi connectivity index (χ1v) is 19.3. The van der Waals surface area contributed by atoms with Gasteiger partial charge in [-0.25, -0.2) is 19.6 Å². The van der Waals surface area contributed by atoms with E-state index in [2.05, 4.69) is 13.8 Å². The molecular weight excluding hydrogens is 722 g/mol. The molecule has 0 radical (unpaired) electrons. The van der Waals surface area contributed by atoms with Crippen LogP contribution >= 0.6 is 0 Å². The predicted octanol–water partition coefficient (Wildman–Crippen LogP) is 7.07. The van der Waals surface area contributed by atoms with Crippen LogP contribution in [-0.2, 0) is 52.7 Å². The van der Waals surface area contributed by atoms with E-state index in [9.17, 15) is 0 Å². The molecule has 302 valence electrons. The van der Waals surface area contributed by atoms with Crippen molar-refractivity contribution >= 4 is 0 Å². The summed E-state index contributed by atoms with van der Waals surface area (Å²) in [6, 6.07) is 0. The Bertz CT molecular complexity index is 1350. The molecular formula is C36H50F6O11. The van der Waals surface area contributed by atoms with Crippen molar-refractivity contribution in [3.8, 4) is 0 Å². The maximum atomic E-state index is 15.3. The highest BCUT2D eigenvalue weighted by Gasteiger charge is 2.79. The zero-order chi connectivity index (χ0) is 37.8. The average Bonchev–Trinajstić information content (AvgIpc) is 3.90.